The van der Waals surface area contributed by atoms with Crippen LogP contribution < -0.4 is 11.1 Å². The van der Waals surface area contributed by atoms with Gasteiger partial charge in [0.15, 0.2) is 0 Å². The highest BCUT2D eigenvalue weighted by Gasteiger charge is 2.34. The van der Waals surface area contributed by atoms with Crippen LogP contribution in [-0.2, 0) is 11.0 Å². The molecule has 0 aliphatic carbocycles. The summed E-state index contributed by atoms with van der Waals surface area (Å²) in [4.78, 5) is 11.4. The molecule has 0 aliphatic heterocycles. The first-order valence-corrected chi connectivity index (χ1v) is 5.41. The Morgan fingerprint density at radius 3 is 2.63 bits per heavy atom. The Hall–Kier alpha value is -2.07. The summed E-state index contributed by atoms with van der Waals surface area (Å²) < 4.78 is 38.4. The first-order valence-electron chi connectivity index (χ1n) is 5.41. The molecular weight excluding hydrogens is 259 g/mol. The first-order chi connectivity index (χ1) is 8.74. The van der Waals surface area contributed by atoms with Gasteiger partial charge in [0, 0.05) is 12.5 Å². The third-order valence-corrected chi connectivity index (χ3v) is 2.24. The van der Waals surface area contributed by atoms with Gasteiger partial charge < -0.3 is 11.1 Å². The summed E-state index contributed by atoms with van der Waals surface area (Å²) in [5.41, 5.74) is 3.83. The van der Waals surface area contributed by atoms with E-state index in [1.54, 1.807) is 13.0 Å². The van der Waals surface area contributed by atoms with Crippen LogP contribution in [0.25, 0.3) is 0 Å². The van der Waals surface area contributed by atoms with E-state index in [9.17, 15) is 18.0 Å². The number of carbonyl (C=O) groups is 1. The molecule has 4 nitrogen and oxygen atoms in total. The molecule has 19 heavy (non-hydrogen) atoms. The second-order valence-electron chi connectivity index (χ2n) is 4.10. The van der Waals surface area contributed by atoms with Gasteiger partial charge in [-0.05, 0) is 25.1 Å². The number of nitrogens with one attached hydrogen (secondary N) is 1. The molecule has 1 aromatic rings. The van der Waals surface area contributed by atoms with E-state index in [1.165, 1.54) is 6.07 Å². The lowest BCUT2D eigenvalue weighted by Gasteiger charge is -2.14. The number of hydrogen-bond donors (Lipinski definition) is 2. The fourth-order valence-electron chi connectivity index (χ4n) is 1.45. The van der Waals surface area contributed by atoms with Gasteiger partial charge in [0.2, 0.25) is 5.91 Å². The summed E-state index contributed by atoms with van der Waals surface area (Å²) in [6.07, 6.45) is -4.74. The second kappa shape index (κ2) is 5.71. The zero-order valence-corrected chi connectivity index (χ0v) is 10.1. The molecule has 0 spiro atoms. The van der Waals surface area contributed by atoms with Gasteiger partial charge in [-0.2, -0.15) is 18.4 Å². The number of anilines is 1. The number of benzene rings is 1. The van der Waals surface area contributed by atoms with Crippen LogP contribution in [-0.4, -0.2) is 11.9 Å². The van der Waals surface area contributed by atoms with Crippen molar-refractivity contribution in [2.75, 3.05) is 5.32 Å². The van der Waals surface area contributed by atoms with Crippen molar-refractivity contribution in [3.63, 3.8) is 0 Å². The maximum absolute atomic E-state index is 12.8. The van der Waals surface area contributed by atoms with Crippen molar-refractivity contribution in [3.05, 3.63) is 29.3 Å². The van der Waals surface area contributed by atoms with Crippen LogP contribution in [0, 0.1) is 11.3 Å². The minimum atomic E-state index is -4.65. The molecule has 1 rings (SSSR count). The van der Waals surface area contributed by atoms with Crippen molar-refractivity contribution in [2.45, 2.75) is 25.6 Å². The van der Waals surface area contributed by atoms with Crippen molar-refractivity contribution < 1.29 is 18.0 Å². The fraction of sp³-hybridized carbons (Fsp3) is 0.333. The van der Waals surface area contributed by atoms with Crippen molar-refractivity contribution in [1.29, 1.82) is 5.26 Å². The zero-order chi connectivity index (χ0) is 14.6. The number of nitrogens with zero attached hydrogens (tertiary/aromatic N) is 1. The monoisotopic (exact) mass is 271 g/mol. The third-order valence-electron chi connectivity index (χ3n) is 2.24. The van der Waals surface area contributed by atoms with Gasteiger partial charge in [-0.3, -0.25) is 4.79 Å². The van der Waals surface area contributed by atoms with Crippen molar-refractivity contribution >= 4 is 11.6 Å². The van der Waals surface area contributed by atoms with E-state index in [-0.39, 0.29) is 17.7 Å². The number of nitrogens with two attached hydrogens (primary N) is 1. The summed E-state index contributed by atoms with van der Waals surface area (Å²) in [5.74, 6) is -0.606. The Bertz CT molecular complexity index is 518. The van der Waals surface area contributed by atoms with Gasteiger partial charge in [0.1, 0.15) is 0 Å². The maximum Gasteiger partial charge on any atom is 0.418 e. The SMILES string of the molecule is CC(N)CC(=O)Nc1ccc(C#N)cc1C(F)(F)F. The average Bonchev–Trinajstić information content (AvgIpc) is 2.26. The molecule has 3 N–H and O–H groups in total. The fourth-order valence-corrected chi connectivity index (χ4v) is 1.45. The number of rotatable bonds is 3. The van der Waals surface area contributed by atoms with E-state index in [2.05, 4.69) is 5.32 Å². The van der Waals surface area contributed by atoms with E-state index in [0.717, 1.165) is 6.07 Å². The zero-order valence-electron chi connectivity index (χ0n) is 10.1. The molecule has 0 saturated heterocycles. The lowest BCUT2D eigenvalue weighted by molar-refractivity contribution is -0.137. The highest BCUT2D eigenvalue weighted by molar-refractivity contribution is 5.92. The predicted molar refractivity (Wildman–Crippen MR) is 63.1 cm³/mol. The molecule has 1 aromatic carbocycles. The molecule has 0 aliphatic rings. The van der Waals surface area contributed by atoms with Crippen molar-refractivity contribution in [3.8, 4) is 6.07 Å². The highest BCUT2D eigenvalue weighted by atomic mass is 19.4. The Morgan fingerprint density at radius 1 is 1.53 bits per heavy atom. The summed E-state index contributed by atoms with van der Waals surface area (Å²) in [6, 6.07) is 4.13. The lowest BCUT2D eigenvalue weighted by atomic mass is 10.1. The molecule has 102 valence electrons. The van der Waals surface area contributed by atoms with E-state index in [1.807, 2.05) is 0 Å². The number of nitriles is 1. The number of alkyl halides is 3. The Kier molecular flexibility index (Phi) is 4.51. The molecule has 1 atom stereocenters. The molecule has 0 aromatic heterocycles. The average molecular weight is 271 g/mol. The van der Waals surface area contributed by atoms with E-state index in [0.29, 0.717) is 6.07 Å². The van der Waals surface area contributed by atoms with Crippen LogP contribution in [0.1, 0.15) is 24.5 Å². The van der Waals surface area contributed by atoms with Crippen molar-refractivity contribution in [2.24, 2.45) is 5.73 Å². The van der Waals surface area contributed by atoms with Gasteiger partial charge in [0.05, 0.1) is 22.9 Å². The summed E-state index contributed by atoms with van der Waals surface area (Å²) in [5, 5.41) is 10.7. The van der Waals surface area contributed by atoms with Gasteiger partial charge >= 0.3 is 6.18 Å². The van der Waals surface area contributed by atoms with Crippen LogP contribution >= 0.6 is 0 Å². The first kappa shape index (κ1) is 15.0. The summed E-state index contributed by atoms with van der Waals surface area (Å²) >= 11 is 0. The minimum absolute atomic E-state index is 0.0860. The van der Waals surface area contributed by atoms with Crippen LogP contribution in [0.2, 0.25) is 0 Å². The Morgan fingerprint density at radius 2 is 2.16 bits per heavy atom. The second-order valence-corrected chi connectivity index (χ2v) is 4.10. The standard InChI is InChI=1S/C12H12F3N3O/c1-7(17)4-11(19)18-10-3-2-8(6-16)5-9(10)12(13,14)15/h2-3,5,7H,4,17H2,1H3,(H,18,19). The quantitative estimate of drug-likeness (QED) is 0.885. The van der Waals surface area contributed by atoms with Crippen LogP contribution in [0.15, 0.2) is 18.2 Å². The van der Waals surface area contributed by atoms with Gasteiger partial charge in [-0.25, -0.2) is 0 Å². The van der Waals surface area contributed by atoms with Gasteiger partial charge in [-0.15, -0.1) is 0 Å². The molecule has 0 radical (unpaired) electrons. The van der Waals surface area contributed by atoms with E-state index < -0.39 is 23.7 Å². The Labute approximate surface area is 108 Å². The van der Waals surface area contributed by atoms with Gasteiger partial charge in [-0.1, -0.05) is 0 Å². The molecule has 0 fully saturated rings. The summed E-state index contributed by atoms with van der Waals surface area (Å²) in [6.45, 7) is 1.57. The Balaban J connectivity index is 3.07. The molecule has 1 unspecified atom stereocenters. The van der Waals surface area contributed by atoms with E-state index in [4.69, 9.17) is 11.0 Å². The normalized spacial score (nSPS) is 12.6. The number of hydrogen-bond acceptors (Lipinski definition) is 3. The smallest absolute Gasteiger partial charge is 0.327 e. The predicted octanol–water partition coefficient (Wildman–Crippen LogP) is 2.25. The van der Waals surface area contributed by atoms with Crippen LogP contribution in [0.3, 0.4) is 0 Å². The third kappa shape index (κ3) is 4.26. The highest BCUT2D eigenvalue weighted by Crippen LogP contribution is 2.35. The topological polar surface area (TPSA) is 78.9 Å². The number of carbonyl (C=O) groups excluding carboxylic acids is 1. The largest absolute Gasteiger partial charge is 0.418 e. The maximum atomic E-state index is 12.8. The molecule has 0 saturated carbocycles. The molecule has 0 bridgehead atoms. The summed E-state index contributed by atoms with van der Waals surface area (Å²) in [7, 11) is 0. The molecule has 7 heteroatoms. The lowest BCUT2D eigenvalue weighted by Crippen LogP contribution is -2.25. The number of amides is 1. The van der Waals surface area contributed by atoms with Crippen molar-refractivity contribution in [1.82, 2.24) is 0 Å². The number of halogens is 3. The van der Waals surface area contributed by atoms with Crippen LogP contribution in [0.4, 0.5) is 18.9 Å². The van der Waals surface area contributed by atoms with Crippen LogP contribution in [0.5, 0.6) is 0 Å². The molecule has 0 heterocycles. The molecular formula is C12H12F3N3O. The van der Waals surface area contributed by atoms with E-state index >= 15 is 0 Å². The minimum Gasteiger partial charge on any atom is -0.327 e. The van der Waals surface area contributed by atoms with Gasteiger partial charge in [0.25, 0.3) is 0 Å². The molecule has 1 amide bonds.